The summed E-state index contributed by atoms with van der Waals surface area (Å²) in [5.41, 5.74) is 0.838. The van der Waals surface area contributed by atoms with Gasteiger partial charge in [0.25, 0.3) is 11.8 Å². The maximum Gasteiger partial charge on any atom is 0.416 e. The second-order valence-electron chi connectivity index (χ2n) is 5.39. The van der Waals surface area contributed by atoms with Crippen LogP contribution in [0.2, 0.25) is 0 Å². The second-order valence-corrected chi connectivity index (χ2v) is 5.39. The van der Waals surface area contributed by atoms with Gasteiger partial charge in [0.1, 0.15) is 0 Å². The van der Waals surface area contributed by atoms with Gasteiger partial charge in [-0.05, 0) is 24.6 Å². The summed E-state index contributed by atoms with van der Waals surface area (Å²) >= 11 is 0. The molecular formula is C15H14F3N3O4. The number of carbonyl (C=O) groups excluding carboxylic acids is 4. The van der Waals surface area contributed by atoms with Gasteiger partial charge in [-0.25, -0.2) is 4.79 Å². The molecule has 0 spiro atoms. The summed E-state index contributed by atoms with van der Waals surface area (Å²) < 4.78 is 38.9. The average molecular weight is 357 g/mol. The molecule has 1 heterocycles. The number of carbonyl (C=O) groups is 4. The van der Waals surface area contributed by atoms with Crippen LogP contribution in [0.5, 0.6) is 0 Å². The van der Waals surface area contributed by atoms with Crippen molar-refractivity contribution in [1.82, 2.24) is 9.80 Å². The largest absolute Gasteiger partial charge is 0.416 e. The predicted molar refractivity (Wildman–Crippen MR) is 77.9 cm³/mol. The van der Waals surface area contributed by atoms with Crippen LogP contribution in [0, 0.1) is 0 Å². The quantitative estimate of drug-likeness (QED) is 0.811. The van der Waals surface area contributed by atoms with E-state index in [0.717, 1.165) is 25.2 Å². The van der Waals surface area contributed by atoms with Crippen LogP contribution in [0.3, 0.4) is 0 Å². The van der Waals surface area contributed by atoms with Crippen molar-refractivity contribution in [3.05, 3.63) is 35.4 Å². The van der Waals surface area contributed by atoms with Gasteiger partial charge in [-0.2, -0.15) is 13.2 Å². The predicted octanol–water partition coefficient (Wildman–Crippen LogP) is 0.869. The zero-order valence-corrected chi connectivity index (χ0v) is 13.3. The average Bonchev–Trinajstić information content (AvgIpc) is 2.53. The number of amides is 5. The number of rotatable bonds is 3. The fourth-order valence-electron chi connectivity index (χ4n) is 2.71. The van der Waals surface area contributed by atoms with Crippen LogP contribution in [0.4, 0.5) is 18.0 Å². The van der Waals surface area contributed by atoms with E-state index in [1.807, 2.05) is 0 Å². The molecule has 1 unspecified atom stereocenters. The fourth-order valence-corrected chi connectivity index (χ4v) is 2.71. The van der Waals surface area contributed by atoms with Gasteiger partial charge in [0.15, 0.2) is 0 Å². The molecule has 7 nitrogen and oxygen atoms in total. The molecule has 10 heteroatoms. The summed E-state index contributed by atoms with van der Waals surface area (Å²) in [5, 5.41) is 0. The number of likely N-dealkylation sites (N-methyl/N-ethyl adjacent to an activating group) is 2. The monoisotopic (exact) mass is 357 g/mol. The highest BCUT2D eigenvalue weighted by Crippen LogP contribution is 2.37. The highest BCUT2D eigenvalue weighted by atomic mass is 19.4. The van der Waals surface area contributed by atoms with E-state index in [4.69, 9.17) is 5.73 Å². The lowest BCUT2D eigenvalue weighted by atomic mass is 9.75. The van der Waals surface area contributed by atoms with Crippen LogP contribution in [-0.4, -0.2) is 47.1 Å². The van der Waals surface area contributed by atoms with Crippen LogP contribution in [0.15, 0.2) is 24.3 Å². The van der Waals surface area contributed by atoms with E-state index in [0.29, 0.717) is 15.9 Å². The van der Waals surface area contributed by atoms with Crippen LogP contribution in [0.25, 0.3) is 0 Å². The van der Waals surface area contributed by atoms with Crippen molar-refractivity contribution in [3.8, 4) is 0 Å². The van der Waals surface area contributed by atoms with E-state index in [-0.39, 0.29) is 6.54 Å². The Morgan fingerprint density at radius 1 is 1.20 bits per heavy atom. The minimum Gasteiger partial charge on any atom is -0.368 e. The minimum absolute atomic E-state index is 0.191. The van der Waals surface area contributed by atoms with E-state index in [2.05, 4.69) is 0 Å². The molecule has 2 N–H and O–H groups in total. The van der Waals surface area contributed by atoms with Crippen molar-refractivity contribution in [2.24, 2.45) is 5.73 Å². The first-order chi connectivity index (χ1) is 11.5. The van der Waals surface area contributed by atoms with Crippen molar-refractivity contribution in [2.45, 2.75) is 18.5 Å². The van der Waals surface area contributed by atoms with Gasteiger partial charge in [-0.3, -0.25) is 24.2 Å². The third-order valence-electron chi connectivity index (χ3n) is 4.02. The highest BCUT2D eigenvalue weighted by Gasteiger charge is 2.61. The van der Waals surface area contributed by atoms with E-state index >= 15 is 0 Å². The lowest BCUT2D eigenvalue weighted by molar-refractivity contribution is -0.156. The molecule has 0 saturated carbocycles. The lowest BCUT2D eigenvalue weighted by Crippen LogP contribution is -2.70. The summed E-state index contributed by atoms with van der Waals surface area (Å²) in [6.07, 6.45) is -4.76. The van der Waals surface area contributed by atoms with Gasteiger partial charge < -0.3 is 5.73 Å². The molecule has 1 aromatic rings. The zero-order valence-electron chi connectivity index (χ0n) is 13.3. The number of nitrogens with two attached hydrogens (primary N) is 1. The third-order valence-corrected chi connectivity index (χ3v) is 4.02. The number of nitrogens with zero attached hydrogens (tertiary/aromatic N) is 2. The maximum atomic E-state index is 13.0. The Morgan fingerprint density at radius 2 is 1.80 bits per heavy atom. The standard InChI is InChI=1S/C15H14F3N3O4/c1-3-21-12(24)14(10(19)22,11(23)20(2)13(21)25)8-5-4-6-9(7-8)15(16,17)18/h4-7H,3H2,1-2H3,(H2,19,22). The van der Waals surface area contributed by atoms with Crippen molar-refractivity contribution in [2.75, 3.05) is 13.6 Å². The summed E-state index contributed by atoms with van der Waals surface area (Å²) in [7, 11) is 1.02. The van der Waals surface area contributed by atoms with Crippen LogP contribution >= 0.6 is 0 Å². The first-order valence-electron chi connectivity index (χ1n) is 7.11. The fraction of sp³-hybridized carbons (Fsp3) is 0.333. The Kier molecular flexibility index (Phi) is 4.32. The second kappa shape index (κ2) is 5.87. The molecule has 0 aromatic heterocycles. The number of hydrogen-bond acceptors (Lipinski definition) is 4. The first-order valence-corrected chi connectivity index (χ1v) is 7.11. The van der Waals surface area contributed by atoms with E-state index in [9.17, 15) is 32.3 Å². The molecule has 25 heavy (non-hydrogen) atoms. The Balaban J connectivity index is 2.78. The van der Waals surface area contributed by atoms with Crippen LogP contribution in [-0.2, 0) is 26.0 Å². The van der Waals surface area contributed by atoms with E-state index in [1.165, 1.54) is 6.92 Å². The number of primary amides is 1. The number of halogens is 3. The minimum atomic E-state index is -4.76. The Bertz CT molecular complexity index is 778. The summed E-state index contributed by atoms with van der Waals surface area (Å²) in [6.45, 7) is 1.22. The number of hydrogen-bond donors (Lipinski definition) is 1. The van der Waals surface area contributed by atoms with Crippen molar-refractivity contribution < 1.29 is 32.3 Å². The summed E-state index contributed by atoms with van der Waals surface area (Å²) in [5.74, 6) is -4.02. The van der Waals surface area contributed by atoms with Crippen molar-refractivity contribution >= 4 is 23.8 Å². The van der Waals surface area contributed by atoms with E-state index in [1.54, 1.807) is 0 Å². The lowest BCUT2D eigenvalue weighted by Gasteiger charge is -2.41. The Hall–Kier alpha value is -2.91. The first kappa shape index (κ1) is 18.4. The molecule has 1 saturated heterocycles. The molecule has 1 aromatic carbocycles. The Morgan fingerprint density at radius 3 is 2.28 bits per heavy atom. The molecular weight excluding hydrogens is 343 g/mol. The third kappa shape index (κ3) is 2.53. The topological polar surface area (TPSA) is 101 Å². The molecule has 1 aliphatic heterocycles. The molecule has 5 amide bonds. The number of urea groups is 1. The zero-order chi connectivity index (χ0) is 19.2. The molecule has 134 valence electrons. The molecule has 2 rings (SSSR count). The highest BCUT2D eigenvalue weighted by molar-refractivity contribution is 6.34. The number of benzene rings is 1. The Labute approximate surface area is 140 Å². The number of barbiturate groups is 1. The maximum absolute atomic E-state index is 13.0. The smallest absolute Gasteiger partial charge is 0.368 e. The summed E-state index contributed by atoms with van der Waals surface area (Å²) in [4.78, 5) is 50.5. The normalized spacial score (nSPS) is 21.7. The van der Waals surface area contributed by atoms with E-state index < -0.39 is 46.5 Å². The van der Waals surface area contributed by atoms with Gasteiger partial charge in [-0.1, -0.05) is 12.1 Å². The van der Waals surface area contributed by atoms with Crippen LogP contribution in [0.1, 0.15) is 18.1 Å². The number of alkyl halides is 3. The van der Waals surface area contributed by atoms with Gasteiger partial charge in [0.05, 0.1) is 5.56 Å². The SMILES string of the molecule is CCN1C(=O)N(C)C(=O)C(C(N)=O)(c2cccc(C(F)(F)F)c2)C1=O. The van der Waals surface area contributed by atoms with Gasteiger partial charge in [-0.15, -0.1) is 0 Å². The molecule has 0 bridgehead atoms. The molecule has 1 aliphatic rings. The molecule has 0 radical (unpaired) electrons. The van der Waals surface area contributed by atoms with Gasteiger partial charge in [0.2, 0.25) is 11.3 Å². The van der Waals surface area contributed by atoms with Crippen molar-refractivity contribution in [3.63, 3.8) is 0 Å². The molecule has 1 atom stereocenters. The molecule has 0 aliphatic carbocycles. The molecule has 1 fully saturated rings. The van der Waals surface area contributed by atoms with Crippen molar-refractivity contribution in [1.29, 1.82) is 0 Å². The van der Waals surface area contributed by atoms with Gasteiger partial charge in [0, 0.05) is 13.6 Å². The van der Waals surface area contributed by atoms with Crippen LogP contribution < -0.4 is 5.73 Å². The van der Waals surface area contributed by atoms with Gasteiger partial charge >= 0.3 is 12.2 Å². The number of imide groups is 2. The summed E-state index contributed by atoms with van der Waals surface area (Å²) in [6, 6.07) is 2.23.